The van der Waals surface area contributed by atoms with Gasteiger partial charge in [-0.15, -0.1) is 0 Å². The maximum atomic E-state index is 11.5. The Kier molecular flexibility index (Phi) is 3.45. The van der Waals surface area contributed by atoms with Crippen LogP contribution in [0.3, 0.4) is 0 Å². The standard InChI is InChI=1S/C13H12BrNO2/c1-9-5-13(17)10(8-16)7-15(9)12-4-2-3-11(14)6-12/h2-7,16H,8H2,1H3. The molecule has 0 saturated heterocycles. The second-order valence-electron chi connectivity index (χ2n) is 3.81. The molecule has 0 amide bonds. The second kappa shape index (κ2) is 4.85. The average Bonchev–Trinajstić information content (AvgIpc) is 2.29. The number of aliphatic hydroxyl groups is 1. The minimum Gasteiger partial charge on any atom is -0.391 e. The Labute approximate surface area is 107 Å². The molecule has 0 saturated carbocycles. The molecular formula is C13H12BrNO2. The number of halogens is 1. The fraction of sp³-hybridized carbons (Fsp3) is 0.154. The molecule has 0 spiro atoms. The van der Waals surface area contributed by atoms with Crippen LogP contribution < -0.4 is 5.43 Å². The minimum absolute atomic E-state index is 0.128. The Balaban J connectivity index is 2.63. The van der Waals surface area contributed by atoms with Crippen molar-refractivity contribution in [3.8, 4) is 5.69 Å². The van der Waals surface area contributed by atoms with E-state index in [1.165, 1.54) is 6.07 Å². The van der Waals surface area contributed by atoms with E-state index in [1.54, 1.807) is 6.20 Å². The monoisotopic (exact) mass is 293 g/mol. The van der Waals surface area contributed by atoms with Crippen molar-refractivity contribution in [2.45, 2.75) is 13.5 Å². The van der Waals surface area contributed by atoms with Crippen molar-refractivity contribution in [3.05, 3.63) is 62.5 Å². The maximum absolute atomic E-state index is 11.5. The number of hydrogen-bond acceptors (Lipinski definition) is 2. The molecule has 3 nitrogen and oxygen atoms in total. The topological polar surface area (TPSA) is 42.2 Å². The Bertz CT molecular complexity index is 605. The molecule has 2 rings (SSSR count). The van der Waals surface area contributed by atoms with Gasteiger partial charge in [-0.05, 0) is 25.1 Å². The molecule has 0 aliphatic heterocycles. The lowest BCUT2D eigenvalue weighted by molar-refractivity contribution is 0.280. The highest BCUT2D eigenvalue weighted by Crippen LogP contribution is 2.16. The Morgan fingerprint density at radius 3 is 2.76 bits per heavy atom. The third kappa shape index (κ3) is 2.48. The van der Waals surface area contributed by atoms with Crippen LogP contribution >= 0.6 is 15.9 Å². The second-order valence-corrected chi connectivity index (χ2v) is 4.73. The fourth-order valence-corrected chi connectivity index (χ4v) is 2.08. The molecule has 88 valence electrons. The molecule has 0 radical (unpaired) electrons. The number of aliphatic hydroxyl groups excluding tert-OH is 1. The summed E-state index contributed by atoms with van der Waals surface area (Å²) in [4.78, 5) is 11.5. The van der Waals surface area contributed by atoms with Crippen LogP contribution in [0.1, 0.15) is 11.3 Å². The summed E-state index contributed by atoms with van der Waals surface area (Å²) in [5, 5.41) is 9.11. The molecule has 0 aliphatic carbocycles. The number of pyridine rings is 1. The molecule has 1 N–H and O–H groups in total. The van der Waals surface area contributed by atoms with Crippen LogP contribution in [0.25, 0.3) is 5.69 Å². The van der Waals surface area contributed by atoms with Crippen LogP contribution in [0.4, 0.5) is 0 Å². The first-order valence-corrected chi connectivity index (χ1v) is 6.00. The summed E-state index contributed by atoms with van der Waals surface area (Å²) in [6.07, 6.45) is 1.68. The summed E-state index contributed by atoms with van der Waals surface area (Å²) in [6.45, 7) is 1.62. The van der Waals surface area contributed by atoms with Crippen molar-refractivity contribution in [1.82, 2.24) is 4.57 Å². The van der Waals surface area contributed by atoms with Gasteiger partial charge in [-0.25, -0.2) is 0 Å². The smallest absolute Gasteiger partial charge is 0.187 e. The SMILES string of the molecule is Cc1cc(=O)c(CO)cn1-c1cccc(Br)c1. The first kappa shape index (κ1) is 12.1. The molecule has 1 aromatic heterocycles. The van der Waals surface area contributed by atoms with Crippen molar-refractivity contribution in [3.63, 3.8) is 0 Å². The number of aryl methyl sites for hydroxylation is 1. The summed E-state index contributed by atoms with van der Waals surface area (Å²) >= 11 is 3.41. The summed E-state index contributed by atoms with van der Waals surface area (Å²) in [5.41, 5.74) is 2.06. The van der Waals surface area contributed by atoms with Gasteiger partial charge in [-0.3, -0.25) is 4.79 Å². The number of rotatable bonds is 2. The van der Waals surface area contributed by atoms with Gasteiger partial charge in [-0.2, -0.15) is 0 Å². The van der Waals surface area contributed by atoms with E-state index in [2.05, 4.69) is 15.9 Å². The van der Waals surface area contributed by atoms with Gasteiger partial charge >= 0.3 is 0 Å². The number of hydrogen-bond donors (Lipinski definition) is 1. The normalized spacial score (nSPS) is 10.5. The molecular weight excluding hydrogens is 282 g/mol. The van der Waals surface area contributed by atoms with Crippen LogP contribution in [0.15, 0.2) is 45.8 Å². The molecule has 1 aromatic carbocycles. The van der Waals surface area contributed by atoms with Gasteiger partial charge in [0.15, 0.2) is 5.43 Å². The zero-order valence-corrected chi connectivity index (χ0v) is 10.9. The van der Waals surface area contributed by atoms with Gasteiger partial charge in [-0.1, -0.05) is 22.0 Å². The number of benzene rings is 1. The molecule has 0 unspecified atom stereocenters. The van der Waals surface area contributed by atoms with Gasteiger partial charge in [0.1, 0.15) is 0 Å². The maximum Gasteiger partial charge on any atom is 0.187 e. The number of nitrogens with zero attached hydrogens (tertiary/aromatic N) is 1. The molecule has 0 atom stereocenters. The van der Waals surface area contributed by atoms with E-state index in [0.29, 0.717) is 5.56 Å². The third-order valence-corrected chi connectivity index (χ3v) is 3.07. The Morgan fingerprint density at radius 2 is 2.12 bits per heavy atom. The predicted octanol–water partition coefficient (Wildman–Crippen LogP) is 2.40. The zero-order chi connectivity index (χ0) is 12.4. The molecule has 4 heteroatoms. The van der Waals surface area contributed by atoms with Crippen molar-refractivity contribution < 1.29 is 5.11 Å². The molecule has 0 aliphatic rings. The average molecular weight is 294 g/mol. The van der Waals surface area contributed by atoms with E-state index in [0.717, 1.165) is 15.9 Å². The lowest BCUT2D eigenvalue weighted by Gasteiger charge is -2.12. The van der Waals surface area contributed by atoms with Gasteiger partial charge in [0.25, 0.3) is 0 Å². The summed E-state index contributed by atoms with van der Waals surface area (Å²) < 4.78 is 2.86. The Morgan fingerprint density at radius 1 is 1.35 bits per heavy atom. The van der Waals surface area contributed by atoms with Crippen molar-refractivity contribution in [1.29, 1.82) is 0 Å². The van der Waals surface area contributed by atoms with E-state index < -0.39 is 0 Å². The van der Waals surface area contributed by atoms with E-state index in [1.807, 2.05) is 35.8 Å². The molecule has 17 heavy (non-hydrogen) atoms. The molecule has 0 bridgehead atoms. The van der Waals surface area contributed by atoms with Crippen LogP contribution in [-0.4, -0.2) is 9.67 Å². The van der Waals surface area contributed by atoms with Crippen molar-refractivity contribution in [2.75, 3.05) is 0 Å². The summed E-state index contributed by atoms with van der Waals surface area (Å²) in [7, 11) is 0. The van der Waals surface area contributed by atoms with Gasteiger partial charge in [0, 0.05) is 33.7 Å². The quantitative estimate of drug-likeness (QED) is 0.924. The van der Waals surface area contributed by atoms with Crippen molar-refractivity contribution >= 4 is 15.9 Å². The van der Waals surface area contributed by atoms with E-state index in [4.69, 9.17) is 5.11 Å². The molecule has 1 heterocycles. The van der Waals surface area contributed by atoms with Gasteiger partial charge in [0.2, 0.25) is 0 Å². The molecule has 0 fully saturated rings. The van der Waals surface area contributed by atoms with Crippen molar-refractivity contribution in [2.24, 2.45) is 0 Å². The van der Waals surface area contributed by atoms with Crippen LogP contribution in [0.2, 0.25) is 0 Å². The highest BCUT2D eigenvalue weighted by atomic mass is 79.9. The summed E-state index contributed by atoms with van der Waals surface area (Å²) in [6, 6.07) is 9.30. The first-order chi connectivity index (χ1) is 8.11. The van der Waals surface area contributed by atoms with Crippen LogP contribution in [0, 0.1) is 6.92 Å². The highest BCUT2D eigenvalue weighted by Gasteiger charge is 2.04. The number of aromatic nitrogens is 1. The van der Waals surface area contributed by atoms with Gasteiger partial charge in [0.05, 0.1) is 6.61 Å². The lowest BCUT2D eigenvalue weighted by atomic mass is 10.2. The molecule has 2 aromatic rings. The van der Waals surface area contributed by atoms with Gasteiger partial charge < -0.3 is 9.67 Å². The summed E-state index contributed by atoms with van der Waals surface area (Å²) in [5.74, 6) is 0. The first-order valence-electron chi connectivity index (χ1n) is 5.21. The Hall–Kier alpha value is -1.39. The predicted molar refractivity (Wildman–Crippen MR) is 70.4 cm³/mol. The third-order valence-electron chi connectivity index (χ3n) is 2.58. The highest BCUT2D eigenvalue weighted by molar-refractivity contribution is 9.10. The van der Waals surface area contributed by atoms with E-state index >= 15 is 0 Å². The van der Waals surface area contributed by atoms with Crippen LogP contribution in [0.5, 0.6) is 0 Å². The van der Waals surface area contributed by atoms with Crippen LogP contribution in [-0.2, 0) is 6.61 Å². The minimum atomic E-state index is -0.243. The largest absolute Gasteiger partial charge is 0.391 e. The lowest BCUT2D eigenvalue weighted by Crippen LogP contribution is -2.13. The van der Waals surface area contributed by atoms with E-state index in [-0.39, 0.29) is 12.0 Å². The zero-order valence-electron chi connectivity index (χ0n) is 9.35. The van der Waals surface area contributed by atoms with E-state index in [9.17, 15) is 4.79 Å². The fourth-order valence-electron chi connectivity index (χ4n) is 1.70.